The minimum atomic E-state index is 0.0372. The molecule has 0 bridgehead atoms. The Labute approximate surface area is 142 Å². The van der Waals surface area contributed by atoms with Crippen LogP contribution < -0.4 is 5.32 Å². The fraction of sp³-hybridized carbons (Fsp3) is 0.500. The highest BCUT2D eigenvalue weighted by atomic mass is 32.1. The van der Waals surface area contributed by atoms with Gasteiger partial charge >= 0.3 is 6.03 Å². The Hall–Kier alpha value is -1.59. The van der Waals surface area contributed by atoms with Gasteiger partial charge in [-0.25, -0.2) is 4.79 Å². The number of urea groups is 1. The van der Waals surface area contributed by atoms with E-state index in [2.05, 4.69) is 46.8 Å². The molecule has 0 spiro atoms. The molecule has 2 aromatic rings. The molecule has 2 heterocycles. The van der Waals surface area contributed by atoms with Crippen molar-refractivity contribution in [3.8, 4) is 0 Å². The first kappa shape index (κ1) is 16.3. The van der Waals surface area contributed by atoms with Crippen molar-refractivity contribution < 1.29 is 4.79 Å². The van der Waals surface area contributed by atoms with Crippen LogP contribution in [0.3, 0.4) is 0 Å². The Bertz CT molecular complexity index is 661. The van der Waals surface area contributed by atoms with E-state index in [0.717, 1.165) is 32.5 Å². The summed E-state index contributed by atoms with van der Waals surface area (Å²) in [6.45, 7) is 6.12. The monoisotopic (exact) mass is 331 g/mol. The Kier molecular flexibility index (Phi) is 5.18. The number of nitrogens with zero attached hydrogens (tertiary/aromatic N) is 2. The number of carbonyl (C=O) groups excluding carboxylic acids is 1. The summed E-state index contributed by atoms with van der Waals surface area (Å²) in [7, 11) is 1.88. The van der Waals surface area contributed by atoms with Crippen LogP contribution in [-0.2, 0) is 6.54 Å². The first-order valence-electron chi connectivity index (χ1n) is 8.36. The molecule has 0 saturated carbocycles. The molecule has 1 aliphatic heterocycles. The second-order valence-electron chi connectivity index (χ2n) is 6.27. The van der Waals surface area contributed by atoms with Gasteiger partial charge in [0.1, 0.15) is 0 Å². The van der Waals surface area contributed by atoms with Crippen LogP contribution in [0, 0.1) is 0 Å². The van der Waals surface area contributed by atoms with Crippen molar-refractivity contribution in [1.29, 1.82) is 0 Å². The van der Waals surface area contributed by atoms with Gasteiger partial charge in [0, 0.05) is 37.4 Å². The summed E-state index contributed by atoms with van der Waals surface area (Å²) in [5.74, 6) is 0. The van der Waals surface area contributed by atoms with E-state index in [1.165, 1.54) is 15.6 Å². The molecule has 124 valence electrons. The zero-order valence-corrected chi connectivity index (χ0v) is 14.7. The predicted octanol–water partition coefficient (Wildman–Crippen LogP) is 3.53. The summed E-state index contributed by atoms with van der Waals surface area (Å²) in [4.78, 5) is 16.7. The van der Waals surface area contributed by atoms with Gasteiger partial charge in [-0.3, -0.25) is 0 Å². The fourth-order valence-electron chi connectivity index (χ4n) is 3.16. The molecule has 23 heavy (non-hydrogen) atoms. The van der Waals surface area contributed by atoms with Crippen LogP contribution >= 0.6 is 11.3 Å². The van der Waals surface area contributed by atoms with Crippen LogP contribution in [0.1, 0.15) is 25.3 Å². The van der Waals surface area contributed by atoms with Crippen molar-refractivity contribution in [3.05, 3.63) is 35.2 Å². The molecule has 1 N–H and O–H groups in total. The molecule has 0 atom stereocenters. The van der Waals surface area contributed by atoms with E-state index in [1.807, 2.05) is 7.05 Å². The topological polar surface area (TPSA) is 35.6 Å². The maximum atomic E-state index is 12.4. The summed E-state index contributed by atoms with van der Waals surface area (Å²) < 4.78 is 1.28. The van der Waals surface area contributed by atoms with Crippen molar-refractivity contribution in [2.45, 2.75) is 32.4 Å². The first-order valence-corrected chi connectivity index (χ1v) is 9.24. The normalized spacial score (nSPS) is 16.6. The quantitative estimate of drug-likeness (QED) is 0.930. The van der Waals surface area contributed by atoms with Gasteiger partial charge in [0.25, 0.3) is 0 Å². The van der Waals surface area contributed by atoms with Crippen LogP contribution in [0.25, 0.3) is 10.1 Å². The van der Waals surface area contributed by atoms with Crippen molar-refractivity contribution in [2.24, 2.45) is 0 Å². The number of hydrogen-bond acceptors (Lipinski definition) is 3. The van der Waals surface area contributed by atoms with E-state index >= 15 is 0 Å². The molecule has 3 rings (SSSR count). The lowest BCUT2D eigenvalue weighted by Gasteiger charge is -2.32. The third-order valence-corrected chi connectivity index (χ3v) is 5.69. The molecule has 0 radical (unpaired) electrons. The number of thiophene rings is 1. The molecule has 1 aliphatic rings. The Morgan fingerprint density at radius 3 is 2.83 bits per heavy atom. The van der Waals surface area contributed by atoms with Gasteiger partial charge in [-0.1, -0.05) is 25.1 Å². The summed E-state index contributed by atoms with van der Waals surface area (Å²) in [6.07, 6.45) is 2.10. The number of fused-ring (bicyclic) bond motifs is 1. The summed E-state index contributed by atoms with van der Waals surface area (Å²) in [5.41, 5.74) is 1.23. The molecule has 1 aromatic carbocycles. The van der Waals surface area contributed by atoms with Crippen LogP contribution in [-0.4, -0.2) is 48.6 Å². The molecule has 1 saturated heterocycles. The second-order valence-corrected chi connectivity index (χ2v) is 7.18. The van der Waals surface area contributed by atoms with E-state index in [1.54, 1.807) is 16.2 Å². The third-order valence-electron chi connectivity index (χ3n) is 4.68. The minimum absolute atomic E-state index is 0.0372. The molecule has 2 amide bonds. The molecule has 4 nitrogen and oxygen atoms in total. The van der Waals surface area contributed by atoms with Gasteiger partial charge in [0.2, 0.25) is 0 Å². The maximum Gasteiger partial charge on any atom is 0.317 e. The molecule has 0 aliphatic carbocycles. The molecule has 0 unspecified atom stereocenters. The number of benzene rings is 1. The van der Waals surface area contributed by atoms with E-state index in [0.29, 0.717) is 12.6 Å². The number of rotatable bonds is 4. The lowest BCUT2D eigenvalue weighted by atomic mass is 10.1. The highest BCUT2D eigenvalue weighted by Gasteiger charge is 2.21. The van der Waals surface area contributed by atoms with Crippen LogP contribution in [0.5, 0.6) is 0 Å². The first-order chi connectivity index (χ1) is 11.2. The van der Waals surface area contributed by atoms with Gasteiger partial charge < -0.3 is 15.1 Å². The largest absolute Gasteiger partial charge is 0.335 e. The van der Waals surface area contributed by atoms with Crippen molar-refractivity contribution in [1.82, 2.24) is 15.1 Å². The van der Waals surface area contributed by atoms with Crippen LogP contribution in [0.2, 0.25) is 0 Å². The zero-order chi connectivity index (χ0) is 16.2. The van der Waals surface area contributed by atoms with Crippen LogP contribution in [0.4, 0.5) is 4.79 Å². The average molecular weight is 331 g/mol. The standard InChI is InChI=1S/C18H25N3OS/c1-3-21-10-8-15(9-11-21)19-18(22)20(2)12-14-13-23-17-7-5-4-6-16(14)17/h4-7,13,15H,3,8-12H2,1-2H3,(H,19,22). The van der Waals surface area contributed by atoms with Gasteiger partial charge in [-0.05, 0) is 41.8 Å². The van der Waals surface area contributed by atoms with E-state index < -0.39 is 0 Å². The molecular formula is C18H25N3OS. The summed E-state index contributed by atoms with van der Waals surface area (Å²) >= 11 is 1.74. The fourth-order valence-corrected chi connectivity index (χ4v) is 4.11. The Morgan fingerprint density at radius 1 is 1.35 bits per heavy atom. The van der Waals surface area contributed by atoms with E-state index in [-0.39, 0.29) is 6.03 Å². The summed E-state index contributed by atoms with van der Waals surface area (Å²) in [5, 5.41) is 6.61. The molecule has 1 fully saturated rings. The predicted molar refractivity (Wildman–Crippen MR) is 97.0 cm³/mol. The number of carbonyl (C=O) groups is 1. The van der Waals surface area contributed by atoms with E-state index in [9.17, 15) is 4.79 Å². The third kappa shape index (κ3) is 3.85. The van der Waals surface area contributed by atoms with Gasteiger partial charge in [0.05, 0.1) is 0 Å². The summed E-state index contributed by atoms with van der Waals surface area (Å²) in [6, 6.07) is 8.72. The minimum Gasteiger partial charge on any atom is -0.335 e. The molecule has 5 heteroatoms. The maximum absolute atomic E-state index is 12.4. The van der Waals surface area contributed by atoms with Crippen molar-refractivity contribution >= 4 is 27.5 Å². The highest BCUT2D eigenvalue weighted by molar-refractivity contribution is 7.17. The number of nitrogens with one attached hydrogen (secondary N) is 1. The lowest BCUT2D eigenvalue weighted by molar-refractivity contribution is 0.180. The zero-order valence-electron chi connectivity index (χ0n) is 13.9. The Morgan fingerprint density at radius 2 is 2.09 bits per heavy atom. The van der Waals surface area contributed by atoms with Crippen molar-refractivity contribution in [3.63, 3.8) is 0 Å². The van der Waals surface area contributed by atoms with Gasteiger partial charge in [0.15, 0.2) is 0 Å². The van der Waals surface area contributed by atoms with Gasteiger partial charge in [-0.2, -0.15) is 0 Å². The van der Waals surface area contributed by atoms with Gasteiger partial charge in [-0.15, -0.1) is 11.3 Å². The average Bonchev–Trinajstić information content (AvgIpc) is 2.98. The number of amides is 2. The van der Waals surface area contributed by atoms with Crippen molar-refractivity contribution in [2.75, 3.05) is 26.7 Å². The SMILES string of the molecule is CCN1CCC(NC(=O)N(C)Cc2csc3ccccc23)CC1. The van der Waals surface area contributed by atoms with Crippen LogP contribution in [0.15, 0.2) is 29.6 Å². The second kappa shape index (κ2) is 7.32. The number of piperidine rings is 1. The molecule has 1 aromatic heterocycles. The molecular weight excluding hydrogens is 306 g/mol. The van der Waals surface area contributed by atoms with E-state index in [4.69, 9.17) is 0 Å². The number of likely N-dealkylation sites (tertiary alicyclic amines) is 1. The highest BCUT2D eigenvalue weighted by Crippen LogP contribution is 2.26. The Balaban J connectivity index is 1.56. The smallest absolute Gasteiger partial charge is 0.317 e. The lowest BCUT2D eigenvalue weighted by Crippen LogP contribution is -2.48. The number of hydrogen-bond donors (Lipinski definition) is 1.